The van der Waals surface area contributed by atoms with Gasteiger partial charge in [0.2, 0.25) is 5.95 Å². The van der Waals surface area contributed by atoms with Crippen molar-refractivity contribution in [2.45, 2.75) is 19.4 Å². The molecule has 0 unspecified atom stereocenters. The maximum absolute atomic E-state index is 12.8. The molecule has 0 saturated heterocycles. The van der Waals surface area contributed by atoms with Crippen LogP contribution in [0.3, 0.4) is 0 Å². The Morgan fingerprint density at radius 1 is 1.11 bits per heavy atom. The molecular formula is C29H23ClN6O2. The third-order valence-corrected chi connectivity index (χ3v) is 6.03. The fourth-order valence-electron chi connectivity index (χ4n) is 3.90. The van der Waals surface area contributed by atoms with E-state index in [1.807, 2.05) is 24.3 Å². The lowest BCUT2D eigenvalue weighted by Crippen LogP contribution is -2.33. The van der Waals surface area contributed by atoms with Gasteiger partial charge >= 0.3 is 0 Å². The van der Waals surface area contributed by atoms with Gasteiger partial charge in [0.1, 0.15) is 10.7 Å². The highest BCUT2D eigenvalue weighted by atomic mass is 35.5. The second-order valence-corrected chi connectivity index (χ2v) is 8.95. The molecule has 4 aromatic rings. The van der Waals surface area contributed by atoms with Gasteiger partial charge in [0.05, 0.1) is 18.6 Å². The van der Waals surface area contributed by atoms with Gasteiger partial charge in [0, 0.05) is 35.2 Å². The number of nitrogens with zero attached hydrogens (tertiary/aromatic N) is 4. The number of rotatable bonds is 6. The van der Waals surface area contributed by atoms with Crippen molar-refractivity contribution >= 4 is 34.4 Å². The van der Waals surface area contributed by atoms with Crippen molar-refractivity contribution in [3.8, 4) is 11.8 Å². The summed E-state index contributed by atoms with van der Waals surface area (Å²) in [5.41, 5.74) is 3.01. The Morgan fingerprint density at radius 2 is 2.03 bits per heavy atom. The molecular weight excluding hydrogens is 500 g/mol. The van der Waals surface area contributed by atoms with E-state index >= 15 is 0 Å². The summed E-state index contributed by atoms with van der Waals surface area (Å²) in [7, 11) is 0. The van der Waals surface area contributed by atoms with E-state index in [2.05, 4.69) is 49.6 Å². The number of carbonyl (C=O) groups is 1. The van der Waals surface area contributed by atoms with E-state index in [0.717, 1.165) is 40.6 Å². The van der Waals surface area contributed by atoms with Gasteiger partial charge in [-0.2, -0.15) is 0 Å². The predicted molar refractivity (Wildman–Crippen MR) is 148 cm³/mol. The van der Waals surface area contributed by atoms with E-state index in [4.69, 9.17) is 11.6 Å². The molecule has 0 atom stereocenters. The zero-order valence-electron chi connectivity index (χ0n) is 20.3. The Kier molecular flexibility index (Phi) is 7.57. The molecule has 3 aromatic heterocycles. The number of fused-ring (bicyclic) bond motifs is 1. The summed E-state index contributed by atoms with van der Waals surface area (Å²) in [4.78, 5) is 38.4. The van der Waals surface area contributed by atoms with E-state index in [1.54, 1.807) is 36.8 Å². The molecule has 0 fully saturated rings. The average molecular weight is 523 g/mol. The predicted octanol–water partition coefficient (Wildman–Crippen LogP) is 4.32. The minimum absolute atomic E-state index is 0.0444. The molecule has 0 radical (unpaired) electrons. The van der Waals surface area contributed by atoms with Crippen LogP contribution in [0.2, 0.25) is 5.15 Å². The van der Waals surface area contributed by atoms with Crippen molar-refractivity contribution in [2.24, 2.45) is 0 Å². The Labute approximate surface area is 224 Å². The van der Waals surface area contributed by atoms with Gasteiger partial charge in [-0.25, -0.2) is 15.0 Å². The molecule has 0 bridgehead atoms. The first-order valence-corrected chi connectivity index (χ1v) is 12.4. The average Bonchev–Trinajstić information content (AvgIpc) is 2.94. The zero-order valence-corrected chi connectivity index (χ0v) is 21.1. The number of pyridine rings is 2. The summed E-state index contributed by atoms with van der Waals surface area (Å²) in [6.45, 7) is 0.371. The summed E-state index contributed by atoms with van der Waals surface area (Å²) >= 11 is 5.82. The molecule has 2 N–H and O–H groups in total. The molecule has 1 aliphatic rings. The standard InChI is InChI=1S/C29H23ClN6O2/c30-26-13-11-21(17-32-26)19-36-15-5-9-24(28(36)38)27(37)31-14-4-6-20-10-12-25-22(16-20)18-33-29(35-25)34-23-7-2-1-3-8-23/h2,5,7-13,15-18H,1,3,14,19H2,(H,31,37)(H,33,34,35). The van der Waals surface area contributed by atoms with Crippen LogP contribution in [0.15, 0.2) is 89.8 Å². The maximum atomic E-state index is 12.8. The Morgan fingerprint density at radius 3 is 2.84 bits per heavy atom. The fraction of sp³-hybridized carbons (Fsp3) is 0.138. The molecule has 188 valence electrons. The smallest absolute Gasteiger partial charge is 0.263 e. The lowest BCUT2D eigenvalue weighted by Gasteiger charge is -2.09. The highest BCUT2D eigenvalue weighted by Gasteiger charge is 2.11. The van der Waals surface area contributed by atoms with Crippen LogP contribution in [0.1, 0.15) is 34.3 Å². The second-order valence-electron chi connectivity index (χ2n) is 8.56. The summed E-state index contributed by atoms with van der Waals surface area (Å²) in [6.07, 6.45) is 13.3. The van der Waals surface area contributed by atoms with Crippen LogP contribution in [0, 0.1) is 11.8 Å². The first kappa shape index (κ1) is 24.9. The lowest BCUT2D eigenvalue weighted by molar-refractivity contribution is 0.0956. The number of aromatic nitrogens is 4. The van der Waals surface area contributed by atoms with E-state index in [-0.39, 0.29) is 18.7 Å². The third-order valence-electron chi connectivity index (χ3n) is 5.81. The van der Waals surface area contributed by atoms with Gasteiger partial charge in [-0.3, -0.25) is 9.59 Å². The van der Waals surface area contributed by atoms with Crippen molar-refractivity contribution in [1.82, 2.24) is 24.8 Å². The highest BCUT2D eigenvalue weighted by molar-refractivity contribution is 6.29. The SMILES string of the molecule is O=C(NCC#Cc1ccc2nc(NC3=CCCC=C3)ncc2c1)c1cccn(Cc2ccc(Cl)nc2)c1=O. The van der Waals surface area contributed by atoms with E-state index in [9.17, 15) is 9.59 Å². The molecule has 1 amide bonds. The van der Waals surface area contributed by atoms with Crippen LogP contribution in [-0.4, -0.2) is 32.0 Å². The van der Waals surface area contributed by atoms with Crippen molar-refractivity contribution in [3.63, 3.8) is 0 Å². The molecule has 3 heterocycles. The monoisotopic (exact) mass is 522 g/mol. The topological polar surface area (TPSA) is 102 Å². The minimum atomic E-state index is -0.484. The van der Waals surface area contributed by atoms with Crippen molar-refractivity contribution in [3.05, 3.63) is 117 Å². The van der Waals surface area contributed by atoms with Crippen LogP contribution in [0.25, 0.3) is 10.9 Å². The minimum Gasteiger partial charge on any atom is -0.341 e. The van der Waals surface area contributed by atoms with E-state index in [0.29, 0.717) is 11.1 Å². The molecule has 0 spiro atoms. The van der Waals surface area contributed by atoms with Crippen LogP contribution >= 0.6 is 11.6 Å². The quantitative estimate of drug-likeness (QED) is 0.289. The van der Waals surface area contributed by atoms with Crippen LogP contribution < -0.4 is 16.2 Å². The first-order valence-electron chi connectivity index (χ1n) is 12.0. The van der Waals surface area contributed by atoms with E-state index < -0.39 is 11.5 Å². The molecule has 1 aliphatic carbocycles. The number of amides is 1. The van der Waals surface area contributed by atoms with Gasteiger partial charge in [0.25, 0.3) is 11.5 Å². The lowest BCUT2D eigenvalue weighted by atomic mass is 10.1. The van der Waals surface area contributed by atoms with Crippen molar-refractivity contribution < 1.29 is 4.79 Å². The molecule has 1 aromatic carbocycles. The molecule has 9 heteroatoms. The number of hydrogen-bond donors (Lipinski definition) is 2. The number of anilines is 1. The van der Waals surface area contributed by atoms with Crippen molar-refractivity contribution in [2.75, 3.05) is 11.9 Å². The Hall–Kier alpha value is -4.74. The Bertz CT molecular complexity index is 1680. The van der Waals surface area contributed by atoms with Crippen LogP contribution in [0.5, 0.6) is 0 Å². The number of carbonyl (C=O) groups excluding carboxylic acids is 1. The molecule has 0 aliphatic heterocycles. The first-order chi connectivity index (χ1) is 18.5. The van der Waals surface area contributed by atoms with Crippen LogP contribution in [0.4, 0.5) is 5.95 Å². The van der Waals surface area contributed by atoms with Gasteiger partial charge in [-0.15, -0.1) is 0 Å². The Balaban J connectivity index is 1.21. The number of halogens is 1. The maximum Gasteiger partial charge on any atom is 0.263 e. The summed E-state index contributed by atoms with van der Waals surface area (Å²) < 4.78 is 1.45. The van der Waals surface area contributed by atoms with E-state index in [1.165, 1.54) is 10.6 Å². The third kappa shape index (κ3) is 6.14. The summed E-state index contributed by atoms with van der Waals surface area (Å²) in [5, 5.41) is 7.16. The van der Waals surface area contributed by atoms with Gasteiger partial charge in [-0.1, -0.05) is 41.7 Å². The fourth-order valence-corrected chi connectivity index (χ4v) is 4.02. The molecule has 38 heavy (non-hydrogen) atoms. The number of hydrogen-bond acceptors (Lipinski definition) is 6. The second kappa shape index (κ2) is 11.5. The van der Waals surface area contributed by atoms with Gasteiger partial charge in [0.15, 0.2) is 0 Å². The van der Waals surface area contributed by atoms with Gasteiger partial charge < -0.3 is 15.2 Å². The van der Waals surface area contributed by atoms with Gasteiger partial charge in [-0.05, 0) is 60.9 Å². The summed E-state index contributed by atoms with van der Waals surface area (Å²) in [6, 6.07) is 12.2. The molecule has 8 nitrogen and oxygen atoms in total. The molecule has 0 saturated carbocycles. The van der Waals surface area contributed by atoms with Crippen LogP contribution in [-0.2, 0) is 6.54 Å². The zero-order chi connectivity index (χ0) is 26.3. The number of nitrogens with one attached hydrogen (secondary N) is 2. The number of allylic oxidation sites excluding steroid dienone is 3. The van der Waals surface area contributed by atoms with Crippen molar-refractivity contribution in [1.29, 1.82) is 0 Å². The summed E-state index contributed by atoms with van der Waals surface area (Å²) in [5.74, 6) is 6.02. The molecule has 5 rings (SSSR count). The number of benzene rings is 1. The largest absolute Gasteiger partial charge is 0.341 e. The normalized spacial score (nSPS) is 12.4. The highest BCUT2D eigenvalue weighted by Crippen LogP contribution is 2.17.